The van der Waals surface area contributed by atoms with Crippen LogP contribution in [0.2, 0.25) is 0 Å². The zero-order valence-electron chi connectivity index (χ0n) is 27.4. The van der Waals surface area contributed by atoms with Crippen LogP contribution in [0.4, 0.5) is 4.39 Å². The molecule has 47 heavy (non-hydrogen) atoms. The SMILES string of the molecule is CCCc1c(Cc2ccc(-c3ccc(F)cc3-c3noc(=O)[nH]3)cc2)c(=O)n([C@H]2CC[C@H](OC(C)C(C)(C)O)CC2)c2nc(C)nn12. The topological polar surface area (TPSA) is 141 Å². The van der Waals surface area contributed by atoms with E-state index in [2.05, 4.69) is 21.6 Å². The molecule has 1 atom stereocenters. The summed E-state index contributed by atoms with van der Waals surface area (Å²) in [6.45, 7) is 9.32. The predicted octanol–water partition coefficient (Wildman–Crippen LogP) is 5.55. The van der Waals surface area contributed by atoms with Crippen molar-refractivity contribution < 1.29 is 18.8 Å². The quantitative estimate of drug-likeness (QED) is 0.202. The van der Waals surface area contributed by atoms with E-state index in [4.69, 9.17) is 14.8 Å². The van der Waals surface area contributed by atoms with Gasteiger partial charge in [-0.25, -0.2) is 13.7 Å². The molecule has 2 N–H and O–H groups in total. The summed E-state index contributed by atoms with van der Waals surface area (Å²) in [5, 5.41) is 18.8. The van der Waals surface area contributed by atoms with Gasteiger partial charge in [-0.2, -0.15) is 10.1 Å². The lowest BCUT2D eigenvalue weighted by atomic mass is 9.91. The second kappa shape index (κ2) is 13.0. The van der Waals surface area contributed by atoms with E-state index in [1.807, 2.05) is 47.2 Å². The molecule has 0 spiro atoms. The zero-order chi connectivity index (χ0) is 33.5. The molecule has 248 valence electrons. The van der Waals surface area contributed by atoms with E-state index in [9.17, 15) is 19.1 Å². The van der Waals surface area contributed by atoms with E-state index in [1.165, 1.54) is 12.1 Å². The van der Waals surface area contributed by atoms with Crippen LogP contribution in [0, 0.1) is 12.7 Å². The first-order valence-electron chi connectivity index (χ1n) is 16.3. The maximum absolute atomic E-state index is 14.4. The summed E-state index contributed by atoms with van der Waals surface area (Å²) in [4.78, 5) is 33.2. The highest BCUT2D eigenvalue weighted by Crippen LogP contribution is 2.34. The van der Waals surface area contributed by atoms with E-state index in [-0.39, 0.29) is 29.6 Å². The molecule has 2 aromatic carbocycles. The first kappa shape index (κ1) is 32.5. The van der Waals surface area contributed by atoms with Crippen LogP contribution in [-0.4, -0.2) is 52.2 Å². The van der Waals surface area contributed by atoms with Crippen LogP contribution in [0.15, 0.2) is 56.6 Å². The Kier molecular flexibility index (Phi) is 8.99. The fourth-order valence-corrected chi connectivity index (χ4v) is 6.44. The summed E-state index contributed by atoms with van der Waals surface area (Å²) in [5.41, 5.74) is 3.36. The molecule has 3 aromatic heterocycles. The Balaban J connectivity index is 1.33. The number of nitrogens with one attached hydrogen (secondary N) is 1. The van der Waals surface area contributed by atoms with Gasteiger partial charge in [-0.15, -0.1) is 0 Å². The highest BCUT2D eigenvalue weighted by molar-refractivity contribution is 5.80. The van der Waals surface area contributed by atoms with Crippen molar-refractivity contribution in [2.75, 3.05) is 0 Å². The molecule has 0 amide bonds. The lowest BCUT2D eigenvalue weighted by Crippen LogP contribution is -2.40. The van der Waals surface area contributed by atoms with Gasteiger partial charge >= 0.3 is 5.76 Å². The van der Waals surface area contributed by atoms with Gasteiger partial charge in [0.2, 0.25) is 5.78 Å². The number of halogens is 1. The minimum Gasteiger partial charge on any atom is -0.388 e. The number of aromatic nitrogens is 6. The first-order valence-corrected chi connectivity index (χ1v) is 16.3. The molecule has 1 aliphatic carbocycles. The van der Waals surface area contributed by atoms with Crippen molar-refractivity contribution in [3.8, 4) is 22.5 Å². The zero-order valence-corrected chi connectivity index (χ0v) is 27.4. The third-order valence-electron chi connectivity index (χ3n) is 9.20. The van der Waals surface area contributed by atoms with Crippen molar-refractivity contribution in [3.63, 3.8) is 0 Å². The molecule has 1 saturated carbocycles. The summed E-state index contributed by atoms with van der Waals surface area (Å²) in [5.74, 6) is 0.130. The molecule has 1 unspecified atom stereocenters. The number of aryl methyl sites for hydroxylation is 2. The van der Waals surface area contributed by atoms with Crippen molar-refractivity contribution in [1.29, 1.82) is 0 Å². The average Bonchev–Trinajstić information content (AvgIpc) is 3.64. The summed E-state index contributed by atoms with van der Waals surface area (Å²) >= 11 is 0. The number of rotatable bonds is 10. The maximum atomic E-state index is 14.4. The molecule has 0 saturated heterocycles. The van der Waals surface area contributed by atoms with Crippen molar-refractivity contribution in [1.82, 2.24) is 29.3 Å². The van der Waals surface area contributed by atoms with Crippen molar-refractivity contribution in [3.05, 3.63) is 91.8 Å². The standard InChI is InChI=1S/C35H41FN6O5/c1-6-7-30-29(18-22-8-10-23(11-9-22)27-17-12-24(36)19-28(27)31-38-34(44)47-40-31)32(43)41(33-37-21(3)39-42(30)33)25-13-15-26(16-14-25)46-20(2)35(4,5)45/h8-12,17,19-20,25-26,45H,6-7,13-16,18H2,1-5H3,(H,38,40,44)/t20?,25-,26-. The van der Waals surface area contributed by atoms with Gasteiger partial charge in [0, 0.05) is 23.6 Å². The van der Waals surface area contributed by atoms with E-state index < -0.39 is 17.2 Å². The predicted molar refractivity (Wildman–Crippen MR) is 175 cm³/mol. The van der Waals surface area contributed by atoms with Crippen LogP contribution in [0.25, 0.3) is 28.3 Å². The minimum absolute atomic E-state index is 0.0162. The molecule has 11 nitrogen and oxygen atoms in total. The van der Waals surface area contributed by atoms with Crippen LogP contribution in [0.1, 0.15) is 88.5 Å². The number of hydrogen-bond acceptors (Lipinski definition) is 8. The molecule has 0 radical (unpaired) electrons. The number of aromatic amines is 1. The number of benzene rings is 2. The van der Waals surface area contributed by atoms with Crippen molar-refractivity contribution >= 4 is 5.78 Å². The Morgan fingerprint density at radius 1 is 1.11 bits per heavy atom. The maximum Gasteiger partial charge on any atom is 0.439 e. The van der Waals surface area contributed by atoms with Crippen LogP contribution in [-0.2, 0) is 17.6 Å². The largest absolute Gasteiger partial charge is 0.439 e. The van der Waals surface area contributed by atoms with Gasteiger partial charge in [-0.3, -0.25) is 18.9 Å². The van der Waals surface area contributed by atoms with Crippen molar-refractivity contribution in [2.45, 2.75) is 103 Å². The Bertz CT molecular complexity index is 1990. The monoisotopic (exact) mass is 644 g/mol. The molecule has 0 aliphatic heterocycles. The van der Waals surface area contributed by atoms with Crippen LogP contribution in [0.5, 0.6) is 0 Å². The molecule has 1 aliphatic rings. The van der Waals surface area contributed by atoms with E-state index >= 15 is 0 Å². The fourth-order valence-electron chi connectivity index (χ4n) is 6.44. The summed E-state index contributed by atoms with van der Waals surface area (Å²) in [7, 11) is 0. The molecular weight excluding hydrogens is 603 g/mol. The normalized spacial score (nSPS) is 17.8. The Hall–Kier alpha value is -4.42. The fraction of sp³-hybridized carbons (Fsp3) is 0.457. The molecule has 5 aromatic rings. The number of ether oxygens (including phenoxy) is 1. The highest BCUT2D eigenvalue weighted by Gasteiger charge is 2.32. The number of hydrogen-bond donors (Lipinski definition) is 2. The first-order chi connectivity index (χ1) is 22.4. The third-order valence-corrected chi connectivity index (χ3v) is 9.20. The number of H-pyrrole nitrogens is 1. The molecular formula is C35H41FN6O5. The van der Waals surface area contributed by atoms with Gasteiger partial charge in [0.15, 0.2) is 5.82 Å². The lowest BCUT2D eigenvalue weighted by molar-refractivity contribution is -0.118. The highest BCUT2D eigenvalue weighted by atomic mass is 19.1. The third kappa shape index (κ3) is 6.70. The van der Waals surface area contributed by atoms with E-state index in [0.29, 0.717) is 41.1 Å². The summed E-state index contributed by atoms with van der Waals surface area (Å²) < 4.78 is 28.7. The van der Waals surface area contributed by atoms with Crippen LogP contribution < -0.4 is 11.3 Å². The summed E-state index contributed by atoms with van der Waals surface area (Å²) in [6.07, 6.45) is 4.68. The number of nitrogens with zero attached hydrogens (tertiary/aromatic N) is 5. The minimum atomic E-state index is -0.931. The van der Waals surface area contributed by atoms with Crippen molar-refractivity contribution in [2.24, 2.45) is 0 Å². The second-order valence-electron chi connectivity index (χ2n) is 13.1. The summed E-state index contributed by atoms with van der Waals surface area (Å²) in [6, 6.07) is 12.0. The lowest BCUT2D eigenvalue weighted by Gasteiger charge is -2.35. The van der Waals surface area contributed by atoms with Gasteiger partial charge in [-0.1, -0.05) is 48.8 Å². The average molecular weight is 645 g/mol. The molecule has 3 heterocycles. The van der Waals surface area contributed by atoms with Crippen LogP contribution >= 0.6 is 0 Å². The Labute approximate surface area is 271 Å². The van der Waals surface area contributed by atoms with E-state index in [0.717, 1.165) is 48.9 Å². The Morgan fingerprint density at radius 2 is 1.83 bits per heavy atom. The molecule has 6 rings (SSSR count). The van der Waals surface area contributed by atoms with E-state index in [1.54, 1.807) is 19.9 Å². The Morgan fingerprint density at radius 3 is 2.47 bits per heavy atom. The van der Waals surface area contributed by atoms with Gasteiger partial charge < -0.3 is 9.84 Å². The van der Waals surface area contributed by atoms with Gasteiger partial charge in [0.05, 0.1) is 23.5 Å². The number of fused-ring (bicyclic) bond motifs is 1. The van der Waals surface area contributed by atoms with Gasteiger partial charge in [0.1, 0.15) is 11.6 Å². The molecule has 12 heteroatoms. The van der Waals surface area contributed by atoms with Gasteiger partial charge in [-0.05, 0) is 88.6 Å². The number of aliphatic hydroxyl groups is 1. The smallest absolute Gasteiger partial charge is 0.388 e. The second-order valence-corrected chi connectivity index (χ2v) is 13.1. The molecule has 0 bridgehead atoms. The van der Waals surface area contributed by atoms with Crippen LogP contribution in [0.3, 0.4) is 0 Å². The van der Waals surface area contributed by atoms with Gasteiger partial charge in [0.25, 0.3) is 5.56 Å². The molecule has 1 fully saturated rings.